The largest absolute Gasteiger partial charge is 0.339 e. The van der Waals surface area contributed by atoms with Gasteiger partial charge in [0.2, 0.25) is 5.91 Å². The monoisotopic (exact) mass is 317 g/mol. The predicted molar refractivity (Wildman–Crippen MR) is 92.4 cm³/mol. The fourth-order valence-corrected chi connectivity index (χ4v) is 3.43. The molecule has 0 aliphatic carbocycles. The van der Waals surface area contributed by atoms with E-state index >= 15 is 0 Å². The van der Waals surface area contributed by atoms with Crippen LogP contribution in [0.15, 0.2) is 30.3 Å². The fraction of sp³-hybridized carbons (Fsp3) is 0.556. The summed E-state index contributed by atoms with van der Waals surface area (Å²) in [6.45, 7) is 8.24. The average molecular weight is 317 g/mol. The van der Waals surface area contributed by atoms with Gasteiger partial charge in [-0.25, -0.2) is 0 Å². The van der Waals surface area contributed by atoms with Crippen molar-refractivity contribution in [1.29, 1.82) is 0 Å². The molecule has 0 aromatic heterocycles. The third-order valence-corrected chi connectivity index (χ3v) is 4.53. The maximum Gasteiger partial charge on any atom is 0.247 e. The molecule has 2 saturated heterocycles. The van der Waals surface area contributed by atoms with E-state index in [1.165, 1.54) is 0 Å². The van der Waals surface area contributed by atoms with Gasteiger partial charge in [0.05, 0.1) is 13.2 Å². The number of nitrogens with one attached hydrogen (secondary N) is 1. The molecule has 2 aliphatic rings. The van der Waals surface area contributed by atoms with Crippen LogP contribution in [0.25, 0.3) is 0 Å². The molecule has 1 aromatic carbocycles. The molecule has 1 amide bonds. The Kier molecular flexibility index (Phi) is 5.77. The number of piperidine rings is 1. The minimum atomic E-state index is -0.450. The molecular weight excluding hydrogens is 290 g/mol. The van der Waals surface area contributed by atoms with E-state index in [-0.39, 0.29) is 11.7 Å². The molecule has 0 bridgehead atoms. The van der Waals surface area contributed by atoms with E-state index in [1.54, 1.807) is 6.92 Å². The summed E-state index contributed by atoms with van der Waals surface area (Å²) >= 11 is 0. The van der Waals surface area contributed by atoms with Gasteiger partial charge < -0.3 is 10.2 Å². The van der Waals surface area contributed by atoms with E-state index in [9.17, 15) is 9.59 Å². The number of anilines is 1. The molecule has 3 rings (SSSR count). The molecule has 0 unspecified atom stereocenters. The highest BCUT2D eigenvalue weighted by Crippen LogP contribution is 2.35. The normalized spacial score (nSPS) is 20.0. The molecule has 2 heterocycles. The molecule has 0 atom stereocenters. The first kappa shape index (κ1) is 17.5. The Morgan fingerprint density at radius 3 is 2.35 bits per heavy atom. The zero-order valence-electron chi connectivity index (χ0n) is 14.3. The summed E-state index contributed by atoms with van der Waals surface area (Å²) in [5.41, 5.74) is 0.630. The Morgan fingerprint density at radius 2 is 1.78 bits per heavy atom. The Hall–Kier alpha value is -1.88. The minimum Gasteiger partial charge on any atom is -0.339 e. The molecule has 0 saturated carbocycles. The third-order valence-electron chi connectivity index (χ3n) is 4.53. The molecule has 2 aliphatic heterocycles. The van der Waals surface area contributed by atoms with Crippen LogP contribution in [0.4, 0.5) is 5.69 Å². The summed E-state index contributed by atoms with van der Waals surface area (Å²) < 4.78 is 0. The highest BCUT2D eigenvalue weighted by molar-refractivity contribution is 5.93. The molecule has 0 radical (unpaired) electrons. The first-order valence-electron chi connectivity index (χ1n) is 8.45. The van der Waals surface area contributed by atoms with Crippen LogP contribution in [0, 0.1) is 0 Å². The number of carbonyl (C=O) groups excluding carboxylic acids is 2. The number of hydrogen-bond acceptors (Lipinski definition) is 4. The highest BCUT2D eigenvalue weighted by atomic mass is 16.2. The molecule has 1 spiro atoms. The molecule has 5 nitrogen and oxygen atoms in total. The van der Waals surface area contributed by atoms with E-state index < -0.39 is 5.54 Å². The van der Waals surface area contributed by atoms with E-state index in [0.29, 0.717) is 13.2 Å². The quantitative estimate of drug-likeness (QED) is 0.927. The number of ketones is 1. The van der Waals surface area contributed by atoms with Gasteiger partial charge in [-0.3, -0.25) is 14.5 Å². The average Bonchev–Trinajstić information content (AvgIpc) is 2.89. The summed E-state index contributed by atoms with van der Waals surface area (Å²) in [5.74, 6) is 0.301. The SMILES string of the molecule is CC.CC(=O)CN1CCC2(CC1)C(=O)NCN2c1ccccc1. The molecule has 126 valence electrons. The van der Waals surface area contributed by atoms with Crippen molar-refractivity contribution in [2.24, 2.45) is 0 Å². The minimum absolute atomic E-state index is 0.119. The Balaban J connectivity index is 0.000000924. The lowest BCUT2D eigenvalue weighted by Crippen LogP contribution is -2.56. The maximum absolute atomic E-state index is 12.4. The molecule has 5 heteroatoms. The van der Waals surface area contributed by atoms with E-state index in [0.717, 1.165) is 31.6 Å². The van der Waals surface area contributed by atoms with Crippen molar-refractivity contribution in [3.05, 3.63) is 30.3 Å². The van der Waals surface area contributed by atoms with Gasteiger partial charge in [-0.05, 0) is 31.9 Å². The first-order valence-corrected chi connectivity index (χ1v) is 8.45. The van der Waals surface area contributed by atoms with Gasteiger partial charge in [0.1, 0.15) is 11.3 Å². The molecular formula is C18H27N3O2. The molecule has 1 N–H and O–H groups in total. The van der Waals surface area contributed by atoms with E-state index in [2.05, 4.69) is 15.1 Å². The number of likely N-dealkylation sites (tertiary alicyclic amines) is 1. The van der Waals surface area contributed by atoms with Crippen LogP contribution in [-0.4, -0.2) is 48.4 Å². The van der Waals surface area contributed by atoms with Crippen molar-refractivity contribution in [1.82, 2.24) is 10.2 Å². The van der Waals surface area contributed by atoms with Crippen LogP contribution in [0.1, 0.15) is 33.6 Å². The Bertz CT molecular complexity index is 536. The number of Topliss-reactive ketones (excluding diaryl/α,β-unsaturated/α-hetero) is 1. The first-order chi connectivity index (χ1) is 11.1. The number of amides is 1. The third kappa shape index (κ3) is 3.55. The van der Waals surface area contributed by atoms with Gasteiger partial charge in [0.25, 0.3) is 0 Å². The lowest BCUT2D eigenvalue weighted by Gasteiger charge is -2.43. The van der Waals surface area contributed by atoms with Crippen molar-refractivity contribution in [2.45, 2.75) is 39.2 Å². The Morgan fingerprint density at radius 1 is 1.17 bits per heavy atom. The highest BCUT2D eigenvalue weighted by Gasteiger charge is 2.50. The summed E-state index contributed by atoms with van der Waals surface area (Å²) in [5, 5.41) is 2.99. The molecule has 23 heavy (non-hydrogen) atoms. The van der Waals surface area contributed by atoms with Gasteiger partial charge in [-0.15, -0.1) is 0 Å². The van der Waals surface area contributed by atoms with Gasteiger partial charge in [0.15, 0.2) is 0 Å². The van der Waals surface area contributed by atoms with Crippen LogP contribution < -0.4 is 10.2 Å². The maximum atomic E-state index is 12.4. The van der Waals surface area contributed by atoms with Crippen molar-refractivity contribution < 1.29 is 9.59 Å². The standard InChI is InChI=1S/C16H21N3O2.C2H6/c1-13(20)11-18-9-7-16(8-10-18)15(21)17-12-19(16)14-5-3-2-4-6-14;1-2/h2-6H,7-12H2,1H3,(H,17,21);1-2H3. The number of nitrogens with zero attached hydrogens (tertiary/aromatic N) is 2. The lowest BCUT2D eigenvalue weighted by atomic mass is 9.85. The fourth-order valence-electron chi connectivity index (χ4n) is 3.43. The van der Waals surface area contributed by atoms with E-state index in [4.69, 9.17) is 0 Å². The van der Waals surface area contributed by atoms with Crippen LogP contribution >= 0.6 is 0 Å². The Labute approximate surface area is 138 Å². The number of benzene rings is 1. The second-order valence-corrected chi connectivity index (χ2v) is 5.94. The predicted octanol–water partition coefficient (Wildman–Crippen LogP) is 2.03. The van der Waals surface area contributed by atoms with Gasteiger partial charge in [-0.1, -0.05) is 32.0 Å². The van der Waals surface area contributed by atoms with Gasteiger partial charge in [0, 0.05) is 18.8 Å². The summed E-state index contributed by atoms with van der Waals surface area (Å²) in [6.07, 6.45) is 1.53. The zero-order valence-corrected chi connectivity index (χ0v) is 14.3. The van der Waals surface area contributed by atoms with Crippen molar-refractivity contribution in [2.75, 3.05) is 31.2 Å². The second kappa shape index (κ2) is 7.59. The smallest absolute Gasteiger partial charge is 0.247 e. The lowest BCUT2D eigenvalue weighted by molar-refractivity contribution is -0.125. The van der Waals surface area contributed by atoms with Gasteiger partial charge >= 0.3 is 0 Å². The van der Waals surface area contributed by atoms with Crippen LogP contribution in [-0.2, 0) is 9.59 Å². The summed E-state index contributed by atoms with van der Waals surface area (Å²) in [7, 11) is 0. The van der Waals surface area contributed by atoms with E-state index in [1.807, 2.05) is 44.2 Å². The van der Waals surface area contributed by atoms with Crippen molar-refractivity contribution in [3.8, 4) is 0 Å². The summed E-state index contributed by atoms with van der Waals surface area (Å²) in [4.78, 5) is 28.0. The molecule has 2 fully saturated rings. The number of carbonyl (C=O) groups is 2. The second-order valence-electron chi connectivity index (χ2n) is 5.94. The number of hydrogen-bond donors (Lipinski definition) is 1. The van der Waals surface area contributed by atoms with Crippen LogP contribution in [0.2, 0.25) is 0 Å². The number of para-hydroxylation sites is 1. The van der Waals surface area contributed by atoms with Crippen molar-refractivity contribution in [3.63, 3.8) is 0 Å². The summed E-state index contributed by atoms with van der Waals surface area (Å²) in [6, 6.07) is 10.1. The number of rotatable bonds is 3. The van der Waals surface area contributed by atoms with Crippen LogP contribution in [0.5, 0.6) is 0 Å². The molecule has 1 aromatic rings. The van der Waals surface area contributed by atoms with Crippen LogP contribution in [0.3, 0.4) is 0 Å². The van der Waals surface area contributed by atoms with Crippen molar-refractivity contribution >= 4 is 17.4 Å². The van der Waals surface area contributed by atoms with Gasteiger partial charge in [-0.2, -0.15) is 0 Å². The topological polar surface area (TPSA) is 52.7 Å². The zero-order chi connectivity index (χ0) is 16.9.